The second-order valence-electron chi connectivity index (χ2n) is 5.76. The summed E-state index contributed by atoms with van der Waals surface area (Å²) in [5.41, 5.74) is 0. The Balaban J connectivity index is 2.29. The number of carbonyl (C=O) groups is 3. The molecule has 0 aromatic carbocycles. The molecule has 2 saturated heterocycles. The smallest absolute Gasteiger partial charge is 0.303 e. The Labute approximate surface area is 144 Å². The van der Waals surface area contributed by atoms with E-state index < -0.39 is 54.6 Å². The first-order valence-electron chi connectivity index (χ1n) is 7.69. The maximum Gasteiger partial charge on any atom is 0.303 e. The fourth-order valence-corrected chi connectivity index (χ4v) is 2.67. The molecule has 0 amide bonds. The third-order valence-electron chi connectivity index (χ3n) is 3.70. The van der Waals surface area contributed by atoms with Gasteiger partial charge in [0.05, 0.1) is 0 Å². The second kappa shape index (κ2) is 7.65. The van der Waals surface area contributed by atoms with E-state index in [1.807, 2.05) is 0 Å². The molecule has 0 N–H and O–H groups in total. The van der Waals surface area contributed by atoms with Gasteiger partial charge in [-0.2, -0.15) is 0 Å². The van der Waals surface area contributed by atoms with Crippen molar-refractivity contribution in [2.75, 3.05) is 13.7 Å². The van der Waals surface area contributed by atoms with E-state index in [0.29, 0.717) is 0 Å². The summed E-state index contributed by atoms with van der Waals surface area (Å²) in [5.74, 6) is -3.19. The molecule has 2 rings (SSSR count). The lowest BCUT2D eigenvalue weighted by Crippen LogP contribution is -2.60. The first-order valence-corrected chi connectivity index (χ1v) is 7.69. The average Bonchev–Trinajstić information content (AvgIpc) is 2.84. The number of hydrogen-bond acceptors (Lipinski definition) is 10. The molecule has 2 fully saturated rings. The molecule has 0 aromatic heterocycles. The maximum absolute atomic E-state index is 11.5. The zero-order valence-corrected chi connectivity index (χ0v) is 14.7. The van der Waals surface area contributed by atoms with E-state index in [4.69, 9.17) is 33.2 Å². The SMILES string of the molecule is COC1(C)OC2C(OC(C)=O)[C@@H](OC(C)=O)C(COC(C)=O)O[C@@H]2O1. The number of hydrogen-bond donors (Lipinski definition) is 0. The van der Waals surface area contributed by atoms with E-state index >= 15 is 0 Å². The van der Waals surface area contributed by atoms with Gasteiger partial charge in [0.2, 0.25) is 0 Å². The molecule has 0 spiro atoms. The Morgan fingerprint density at radius 2 is 1.56 bits per heavy atom. The highest BCUT2D eigenvalue weighted by Gasteiger charge is 2.59. The number of carbonyl (C=O) groups excluding carboxylic acids is 3. The number of methoxy groups -OCH3 is 1. The fourth-order valence-electron chi connectivity index (χ4n) is 2.67. The van der Waals surface area contributed by atoms with Crippen LogP contribution >= 0.6 is 0 Å². The highest BCUT2D eigenvalue weighted by atomic mass is 16.9. The summed E-state index contributed by atoms with van der Waals surface area (Å²) in [6.07, 6.45) is -4.86. The van der Waals surface area contributed by atoms with Crippen LogP contribution in [0.5, 0.6) is 0 Å². The third kappa shape index (κ3) is 4.66. The number of ether oxygens (including phenoxy) is 7. The molecule has 2 aliphatic heterocycles. The highest BCUT2D eigenvalue weighted by molar-refractivity contribution is 5.67. The second-order valence-corrected chi connectivity index (χ2v) is 5.76. The Morgan fingerprint density at radius 1 is 0.960 bits per heavy atom. The lowest BCUT2D eigenvalue weighted by atomic mass is 9.98. The van der Waals surface area contributed by atoms with Crippen molar-refractivity contribution in [1.82, 2.24) is 0 Å². The monoisotopic (exact) mass is 362 g/mol. The van der Waals surface area contributed by atoms with Gasteiger partial charge in [-0.05, 0) is 0 Å². The van der Waals surface area contributed by atoms with Gasteiger partial charge in [-0.25, -0.2) is 0 Å². The number of rotatable bonds is 5. The zero-order valence-electron chi connectivity index (χ0n) is 14.7. The molecule has 10 nitrogen and oxygen atoms in total. The van der Waals surface area contributed by atoms with Gasteiger partial charge in [0.15, 0.2) is 24.6 Å². The van der Waals surface area contributed by atoms with Gasteiger partial charge in [-0.3, -0.25) is 19.1 Å². The fraction of sp³-hybridized carbons (Fsp3) is 0.800. The summed E-state index contributed by atoms with van der Waals surface area (Å²) in [4.78, 5) is 34.1. The van der Waals surface area contributed by atoms with Gasteiger partial charge >= 0.3 is 17.9 Å². The summed E-state index contributed by atoms with van der Waals surface area (Å²) in [6, 6.07) is 0. The first-order chi connectivity index (χ1) is 11.6. The molecule has 25 heavy (non-hydrogen) atoms. The lowest BCUT2D eigenvalue weighted by Gasteiger charge is -2.40. The Morgan fingerprint density at radius 3 is 2.08 bits per heavy atom. The van der Waals surface area contributed by atoms with Crippen molar-refractivity contribution in [2.24, 2.45) is 0 Å². The predicted octanol–water partition coefficient (Wildman–Crippen LogP) is -0.127. The third-order valence-corrected chi connectivity index (χ3v) is 3.70. The van der Waals surface area contributed by atoms with Crippen molar-refractivity contribution < 1.29 is 47.5 Å². The van der Waals surface area contributed by atoms with E-state index in [0.717, 1.165) is 0 Å². The van der Waals surface area contributed by atoms with Crippen LogP contribution < -0.4 is 0 Å². The van der Waals surface area contributed by atoms with Gasteiger partial charge in [0.25, 0.3) is 5.97 Å². The van der Waals surface area contributed by atoms with Crippen LogP contribution in [0.3, 0.4) is 0 Å². The first kappa shape index (κ1) is 19.6. The number of fused-ring (bicyclic) bond motifs is 1. The zero-order chi connectivity index (χ0) is 18.8. The molecular formula is C15H22O10. The molecule has 6 atom stereocenters. The van der Waals surface area contributed by atoms with Crippen LogP contribution in [-0.2, 0) is 47.5 Å². The largest absolute Gasteiger partial charge is 0.463 e. The molecule has 0 bridgehead atoms. The van der Waals surface area contributed by atoms with E-state index in [9.17, 15) is 14.4 Å². The lowest BCUT2D eigenvalue weighted by molar-refractivity contribution is -0.334. The molecule has 2 aliphatic rings. The topological polar surface area (TPSA) is 116 Å². The molecule has 0 aliphatic carbocycles. The summed E-state index contributed by atoms with van der Waals surface area (Å²) >= 11 is 0. The van der Waals surface area contributed by atoms with Gasteiger partial charge in [0, 0.05) is 34.8 Å². The van der Waals surface area contributed by atoms with Crippen molar-refractivity contribution in [3.8, 4) is 0 Å². The van der Waals surface area contributed by atoms with Crippen LogP contribution in [0.4, 0.5) is 0 Å². The summed E-state index contributed by atoms with van der Waals surface area (Å²) in [7, 11) is 1.37. The van der Waals surface area contributed by atoms with Crippen molar-refractivity contribution in [1.29, 1.82) is 0 Å². The van der Waals surface area contributed by atoms with Crippen LogP contribution in [0.1, 0.15) is 27.7 Å². The van der Waals surface area contributed by atoms with Crippen LogP contribution in [-0.4, -0.2) is 68.3 Å². The molecule has 0 aromatic rings. The molecular weight excluding hydrogens is 340 g/mol. The van der Waals surface area contributed by atoms with Crippen molar-refractivity contribution in [3.63, 3.8) is 0 Å². The number of esters is 3. The van der Waals surface area contributed by atoms with Crippen LogP contribution in [0.2, 0.25) is 0 Å². The van der Waals surface area contributed by atoms with Crippen molar-refractivity contribution >= 4 is 17.9 Å². The van der Waals surface area contributed by atoms with Crippen molar-refractivity contribution in [2.45, 2.75) is 64.4 Å². The molecule has 0 saturated carbocycles. The summed E-state index contributed by atoms with van der Waals surface area (Å²) < 4.78 is 37.6. The van der Waals surface area contributed by atoms with Crippen LogP contribution in [0, 0.1) is 0 Å². The molecule has 0 radical (unpaired) electrons. The molecule has 142 valence electrons. The Hall–Kier alpha value is -1.75. The van der Waals surface area contributed by atoms with E-state index in [2.05, 4.69) is 0 Å². The van der Waals surface area contributed by atoms with Crippen LogP contribution in [0.15, 0.2) is 0 Å². The normalized spacial score (nSPS) is 37.1. The average molecular weight is 362 g/mol. The van der Waals surface area contributed by atoms with E-state index in [-0.39, 0.29) is 6.61 Å². The minimum Gasteiger partial charge on any atom is -0.463 e. The van der Waals surface area contributed by atoms with Gasteiger partial charge < -0.3 is 28.4 Å². The summed E-state index contributed by atoms with van der Waals surface area (Å²) in [6.45, 7) is 4.93. The van der Waals surface area contributed by atoms with Crippen molar-refractivity contribution in [3.05, 3.63) is 0 Å². The van der Waals surface area contributed by atoms with E-state index in [1.54, 1.807) is 0 Å². The molecule has 4 unspecified atom stereocenters. The Bertz CT molecular complexity index is 534. The van der Waals surface area contributed by atoms with Gasteiger partial charge in [0.1, 0.15) is 12.7 Å². The predicted molar refractivity (Wildman–Crippen MR) is 77.8 cm³/mol. The Kier molecular flexibility index (Phi) is 5.99. The molecule has 10 heteroatoms. The minimum absolute atomic E-state index is 0.221. The van der Waals surface area contributed by atoms with E-state index in [1.165, 1.54) is 34.8 Å². The molecule has 2 heterocycles. The highest BCUT2D eigenvalue weighted by Crippen LogP contribution is 2.39. The van der Waals surface area contributed by atoms with Gasteiger partial charge in [-0.15, -0.1) is 0 Å². The quantitative estimate of drug-likeness (QED) is 0.484. The van der Waals surface area contributed by atoms with Gasteiger partial charge in [-0.1, -0.05) is 0 Å². The van der Waals surface area contributed by atoms with Crippen LogP contribution in [0.25, 0.3) is 0 Å². The minimum atomic E-state index is -1.43. The maximum atomic E-state index is 11.5. The standard InChI is InChI=1S/C15H22O10/c1-7(16)20-6-10-11(21-8(2)17)12(22-9(3)18)13-14(23-10)25-15(4,19-5)24-13/h10-14H,6H2,1-5H3/t10?,11-,12?,13?,14+,15?/m0/s1. The summed E-state index contributed by atoms with van der Waals surface area (Å²) in [5, 5.41) is 0.